The van der Waals surface area contributed by atoms with Gasteiger partial charge in [-0.2, -0.15) is 11.8 Å². The maximum atomic E-state index is 12.0. The predicted octanol–water partition coefficient (Wildman–Crippen LogP) is 2.01. The molecule has 1 aromatic rings. The number of hydrogen-bond donors (Lipinski definition) is 2. The molecule has 3 heterocycles. The molecule has 0 atom stereocenters. The summed E-state index contributed by atoms with van der Waals surface area (Å²) in [4.78, 5) is 15.0. The molecule has 3 rings (SSSR count). The highest BCUT2D eigenvalue weighted by molar-refractivity contribution is 7.98. The summed E-state index contributed by atoms with van der Waals surface area (Å²) in [6.07, 6.45) is 2.18. The molecule has 0 bridgehead atoms. The number of hydrogen-bond acceptors (Lipinski definition) is 3. The minimum absolute atomic E-state index is 0. The summed E-state index contributed by atoms with van der Waals surface area (Å²) in [5.41, 5.74) is 3.65. The lowest BCUT2D eigenvalue weighted by atomic mass is 9.90. The smallest absolute Gasteiger partial charge is 0.251 e. The maximum Gasteiger partial charge on any atom is 0.251 e. The lowest BCUT2D eigenvalue weighted by Gasteiger charge is -2.22. The van der Waals surface area contributed by atoms with Crippen molar-refractivity contribution in [2.24, 2.45) is 0 Å². The van der Waals surface area contributed by atoms with Crippen molar-refractivity contribution in [3.8, 4) is 0 Å². The normalized spacial score (nSPS) is 19.8. The summed E-state index contributed by atoms with van der Waals surface area (Å²) in [7, 11) is 0. The number of aromatic amines is 1. The Morgan fingerprint density at radius 1 is 1.24 bits per heavy atom. The van der Waals surface area contributed by atoms with Crippen LogP contribution >= 0.6 is 24.2 Å². The first-order valence-electron chi connectivity index (χ1n) is 5.88. The lowest BCUT2D eigenvalue weighted by Crippen LogP contribution is -2.30. The van der Waals surface area contributed by atoms with Gasteiger partial charge in [0.2, 0.25) is 0 Å². The zero-order valence-electron chi connectivity index (χ0n) is 9.62. The Morgan fingerprint density at radius 3 is 2.76 bits per heavy atom. The van der Waals surface area contributed by atoms with E-state index in [1.54, 1.807) is 0 Å². The van der Waals surface area contributed by atoms with Gasteiger partial charge in [-0.05, 0) is 43.5 Å². The van der Waals surface area contributed by atoms with Crippen LogP contribution in [0.1, 0.15) is 35.6 Å². The monoisotopic (exact) mass is 272 g/mol. The Kier molecular flexibility index (Phi) is 4.17. The minimum atomic E-state index is 0. The molecule has 2 N–H and O–H groups in total. The third-order valence-corrected chi connectivity index (χ3v) is 4.53. The van der Waals surface area contributed by atoms with Gasteiger partial charge in [0, 0.05) is 22.8 Å². The second-order valence-electron chi connectivity index (χ2n) is 4.57. The fourth-order valence-corrected chi connectivity index (χ4v) is 3.63. The quantitative estimate of drug-likeness (QED) is 0.822. The van der Waals surface area contributed by atoms with Crippen LogP contribution in [0, 0.1) is 0 Å². The van der Waals surface area contributed by atoms with Crippen molar-refractivity contribution in [2.45, 2.75) is 30.3 Å². The number of H-pyrrole nitrogens is 1. The summed E-state index contributed by atoms with van der Waals surface area (Å²) in [5.74, 6) is 2.49. The van der Waals surface area contributed by atoms with Crippen LogP contribution in [-0.2, 0) is 11.5 Å². The third kappa shape index (κ3) is 2.54. The Hall–Kier alpha value is -0.450. The van der Waals surface area contributed by atoms with Crippen molar-refractivity contribution < 1.29 is 0 Å². The zero-order valence-corrected chi connectivity index (χ0v) is 11.3. The first-order chi connectivity index (χ1) is 7.84. The van der Waals surface area contributed by atoms with Crippen molar-refractivity contribution in [1.82, 2.24) is 10.3 Å². The fourth-order valence-electron chi connectivity index (χ4n) is 2.59. The minimum Gasteiger partial charge on any atom is -0.325 e. The molecule has 3 nitrogen and oxygen atoms in total. The molecule has 0 aromatic carbocycles. The average Bonchev–Trinajstić information content (AvgIpc) is 2.76. The Morgan fingerprint density at radius 2 is 2.00 bits per heavy atom. The molecular formula is C12H17ClN2OS. The van der Waals surface area contributed by atoms with Crippen molar-refractivity contribution in [2.75, 3.05) is 13.1 Å². The van der Waals surface area contributed by atoms with Gasteiger partial charge in [-0.25, -0.2) is 0 Å². The van der Waals surface area contributed by atoms with Crippen LogP contribution < -0.4 is 10.9 Å². The number of piperidine rings is 1. The van der Waals surface area contributed by atoms with Crippen molar-refractivity contribution >= 4 is 24.2 Å². The van der Waals surface area contributed by atoms with E-state index in [-0.39, 0.29) is 18.0 Å². The van der Waals surface area contributed by atoms with Gasteiger partial charge < -0.3 is 10.3 Å². The molecule has 0 aliphatic carbocycles. The summed E-state index contributed by atoms with van der Waals surface area (Å²) in [5, 5.41) is 3.34. The van der Waals surface area contributed by atoms with Gasteiger partial charge in [-0.15, -0.1) is 12.4 Å². The van der Waals surface area contributed by atoms with E-state index in [2.05, 4.69) is 16.4 Å². The van der Waals surface area contributed by atoms with E-state index in [4.69, 9.17) is 0 Å². The fraction of sp³-hybridized carbons (Fsp3) is 0.583. The second kappa shape index (κ2) is 5.46. The second-order valence-corrected chi connectivity index (χ2v) is 5.56. The number of rotatable bonds is 1. The van der Waals surface area contributed by atoms with Gasteiger partial charge in [0.1, 0.15) is 0 Å². The molecule has 2 aliphatic rings. The van der Waals surface area contributed by atoms with Crippen molar-refractivity contribution in [3.05, 3.63) is 33.2 Å². The first kappa shape index (κ1) is 13.0. The molecule has 5 heteroatoms. The van der Waals surface area contributed by atoms with Crippen LogP contribution in [0.15, 0.2) is 10.9 Å². The van der Waals surface area contributed by atoms with Crippen molar-refractivity contribution in [1.29, 1.82) is 0 Å². The average molecular weight is 273 g/mol. The number of nitrogens with one attached hydrogen (secondary N) is 2. The highest BCUT2D eigenvalue weighted by atomic mass is 35.5. The topological polar surface area (TPSA) is 44.9 Å². The van der Waals surface area contributed by atoms with Gasteiger partial charge in [0.15, 0.2) is 0 Å². The van der Waals surface area contributed by atoms with Gasteiger partial charge in [0.05, 0.1) is 0 Å². The van der Waals surface area contributed by atoms with E-state index < -0.39 is 0 Å². The van der Waals surface area contributed by atoms with Gasteiger partial charge in [-0.1, -0.05) is 0 Å². The zero-order chi connectivity index (χ0) is 11.0. The summed E-state index contributed by atoms with van der Waals surface area (Å²) in [6, 6.07) is 2.16. The molecule has 2 aliphatic heterocycles. The molecule has 1 saturated heterocycles. The molecule has 0 amide bonds. The van der Waals surface area contributed by atoms with Crippen LogP contribution in [0.4, 0.5) is 0 Å². The van der Waals surface area contributed by atoms with Crippen LogP contribution in [0.5, 0.6) is 0 Å². The number of fused-ring (bicyclic) bond motifs is 1. The van der Waals surface area contributed by atoms with Gasteiger partial charge in [0.25, 0.3) is 5.56 Å². The first-order valence-corrected chi connectivity index (χ1v) is 7.03. The van der Waals surface area contributed by atoms with Gasteiger partial charge in [-0.3, -0.25) is 4.79 Å². The molecular weight excluding hydrogens is 256 g/mol. The molecule has 1 aromatic heterocycles. The molecule has 0 spiro atoms. The standard InChI is InChI=1S/C12H16N2OS.ClH/c15-12-10(8-1-3-13-4-2-8)5-9-6-16-7-11(9)14-12;/h5,8,13H,1-4,6-7H2,(H,14,15);1H. The molecule has 0 saturated carbocycles. The number of aromatic nitrogens is 1. The molecule has 94 valence electrons. The Balaban J connectivity index is 0.00000108. The Bertz CT molecular complexity index is 454. The van der Waals surface area contributed by atoms with E-state index in [1.165, 1.54) is 5.56 Å². The number of thioether (sulfide) groups is 1. The van der Waals surface area contributed by atoms with E-state index in [0.29, 0.717) is 5.92 Å². The highest BCUT2D eigenvalue weighted by Gasteiger charge is 2.21. The maximum absolute atomic E-state index is 12.0. The molecule has 17 heavy (non-hydrogen) atoms. The van der Waals surface area contributed by atoms with E-state index in [1.807, 2.05) is 11.8 Å². The highest BCUT2D eigenvalue weighted by Crippen LogP contribution is 2.30. The lowest BCUT2D eigenvalue weighted by molar-refractivity contribution is 0.457. The predicted molar refractivity (Wildman–Crippen MR) is 74.2 cm³/mol. The van der Waals surface area contributed by atoms with E-state index in [0.717, 1.165) is 48.7 Å². The Labute approximate surface area is 111 Å². The van der Waals surface area contributed by atoms with Gasteiger partial charge >= 0.3 is 0 Å². The third-order valence-electron chi connectivity index (χ3n) is 3.53. The summed E-state index contributed by atoms with van der Waals surface area (Å²) in [6.45, 7) is 2.08. The summed E-state index contributed by atoms with van der Waals surface area (Å²) >= 11 is 1.88. The van der Waals surface area contributed by atoms with Crippen LogP contribution in [0.25, 0.3) is 0 Å². The van der Waals surface area contributed by atoms with E-state index >= 15 is 0 Å². The largest absolute Gasteiger partial charge is 0.325 e. The molecule has 0 radical (unpaired) electrons. The summed E-state index contributed by atoms with van der Waals surface area (Å²) < 4.78 is 0. The molecule has 0 unspecified atom stereocenters. The molecule has 1 fully saturated rings. The van der Waals surface area contributed by atoms with Crippen LogP contribution in [0.2, 0.25) is 0 Å². The SMILES string of the molecule is Cl.O=c1[nH]c2c(cc1C1CCNCC1)CSC2. The van der Waals surface area contributed by atoms with Crippen LogP contribution in [-0.4, -0.2) is 18.1 Å². The van der Waals surface area contributed by atoms with E-state index in [9.17, 15) is 4.79 Å². The van der Waals surface area contributed by atoms with Crippen LogP contribution in [0.3, 0.4) is 0 Å². The number of halogens is 1. The number of pyridine rings is 1. The van der Waals surface area contributed by atoms with Crippen molar-refractivity contribution in [3.63, 3.8) is 0 Å².